The van der Waals surface area contributed by atoms with Gasteiger partial charge in [-0.2, -0.15) is 0 Å². The first-order chi connectivity index (χ1) is 9.02. The Morgan fingerprint density at radius 1 is 1.63 bits per heavy atom. The number of aromatic amines is 1. The Bertz CT molecular complexity index is 485. The molecule has 1 saturated heterocycles. The van der Waals surface area contributed by atoms with Crippen LogP contribution in [0.2, 0.25) is 0 Å². The van der Waals surface area contributed by atoms with Gasteiger partial charge in [0, 0.05) is 25.2 Å². The lowest BCUT2D eigenvalue weighted by Gasteiger charge is -2.35. The van der Waals surface area contributed by atoms with Crippen molar-refractivity contribution >= 4 is 11.7 Å². The van der Waals surface area contributed by atoms with E-state index in [2.05, 4.69) is 11.9 Å². The molecule has 2 heterocycles. The number of H-pyrrole nitrogens is 1. The van der Waals surface area contributed by atoms with Crippen LogP contribution in [0.1, 0.15) is 30.3 Å². The Hall–Kier alpha value is -1.89. The minimum Gasteiger partial charge on any atom is -0.358 e. The van der Waals surface area contributed by atoms with E-state index >= 15 is 0 Å². The number of carbonyl (C=O) groups is 1. The van der Waals surface area contributed by atoms with Crippen molar-refractivity contribution in [3.8, 4) is 0 Å². The van der Waals surface area contributed by atoms with Crippen molar-refractivity contribution in [2.75, 3.05) is 13.1 Å². The van der Waals surface area contributed by atoms with Gasteiger partial charge in [-0.15, -0.1) is 0 Å². The molecule has 1 aliphatic rings. The smallest absolute Gasteiger partial charge is 0.321 e. The summed E-state index contributed by atoms with van der Waals surface area (Å²) in [5.74, 6) is -0.0646. The summed E-state index contributed by atoms with van der Waals surface area (Å²) in [7, 11) is 0. The first kappa shape index (κ1) is 13.5. The van der Waals surface area contributed by atoms with Crippen molar-refractivity contribution in [2.45, 2.75) is 25.8 Å². The van der Waals surface area contributed by atoms with Gasteiger partial charge < -0.3 is 20.7 Å². The van der Waals surface area contributed by atoms with Gasteiger partial charge in [0.25, 0.3) is 5.91 Å². The second kappa shape index (κ2) is 5.40. The van der Waals surface area contributed by atoms with Gasteiger partial charge in [-0.1, -0.05) is 13.3 Å². The highest BCUT2D eigenvalue weighted by Crippen LogP contribution is 2.21. The van der Waals surface area contributed by atoms with Crippen LogP contribution >= 0.6 is 0 Å². The molecule has 1 aromatic rings. The van der Waals surface area contributed by atoms with Gasteiger partial charge in [-0.05, 0) is 23.3 Å². The van der Waals surface area contributed by atoms with Crippen LogP contribution < -0.4 is 5.73 Å². The highest BCUT2D eigenvalue weighted by atomic mass is 16.6. The lowest BCUT2D eigenvalue weighted by Crippen LogP contribution is -2.49. The predicted molar refractivity (Wildman–Crippen MR) is 69.7 cm³/mol. The van der Waals surface area contributed by atoms with Gasteiger partial charge in [0.15, 0.2) is 5.69 Å². The molecule has 0 aliphatic carbocycles. The van der Waals surface area contributed by atoms with Crippen molar-refractivity contribution in [3.05, 3.63) is 27.9 Å². The van der Waals surface area contributed by atoms with Gasteiger partial charge in [-0.3, -0.25) is 4.79 Å². The van der Waals surface area contributed by atoms with Crippen molar-refractivity contribution in [1.29, 1.82) is 0 Å². The van der Waals surface area contributed by atoms with E-state index in [0.29, 0.717) is 19.0 Å². The molecule has 1 aromatic heterocycles. The van der Waals surface area contributed by atoms with Crippen molar-refractivity contribution in [3.63, 3.8) is 0 Å². The molecule has 19 heavy (non-hydrogen) atoms. The second-order valence-corrected chi connectivity index (χ2v) is 4.89. The fourth-order valence-corrected chi connectivity index (χ4v) is 2.45. The first-order valence-corrected chi connectivity index (χ1v) is 6.41. The number of nitro groups is 1. The SMILES string of the molecule is CCC1CN(C(=O)c2ccc([N+](=O)[O-])[nH]2)CCC1N. The molecule has 7 heteroatoms. The Balaban J connectivity index is 2.08. The van der Waals surface area contributed by atoms with Gasteiger partial charge in [-0.25, -0.2) is 4.98 Å². The summed E-state index contributed by atoms with van der Waals surface area (Å²) in [5, 5.41) is 10.6. The molecule has 104 valence electrons. The molecule has 2 atom stereocenters. The number of rotatable bonds is 3. The van der Waals surface area contributed by atoms with Crippen LogP contribution in [0.25, 0.3) is 0 Å². The van der Waals surface area contributed by atoms with Gasteiger partial charge in [0.2, 0.25) is 0 Å². The summed E-state index contributed by atoms with van der Waals surface area (Å²) < 4.78 is 0. The number of nitrogens with zero attached hydrogens (tertiary/aromatic N) is 2. The molecule has 2 unspecified atom stereocenters. The van der Waals surface area contributed by atoms with Crippen LogP contribution in [-0.2, 0) is 0 Å². The Morgan fingerprint density at radius 2 is 2.37 bits per heavy atom. The second-order valence-electron chi connectivity index (χ2n) is 4.89. The third-order valence-electron chi connectivity index (χ3n) is 3.70. The summed E-state index contributed by atoms with van der Waals surface area (Å²) >= 11 is 0. The highest BCUT2D eigenvalue weighted by molar-refractivity contribution is 5.93. The van der Waals surface area contributed by atoms with Gasteiger partial charge in [0.05, 0.1) is 0 Å². The number of nitrogens with one attached hydrogen (secondary N) is 1. The fraction of sp³-hybridized carbons (Fsp3) is 0.583. The first-order valence-electron chi connectivity index (χ1n) is 6.41. The van der Waals surface area contributed by atoms with Crippen molar-refractivity contribution in [2.24, 2.45) is 11.7 Å². The Labute approximate surface area is 110 Å². The zero-order chi connectivity index (χ0) is 14.0. The van der Waals surface area contributed by atoms with E-state index in [-0.39, 0.29) is 23.5 Å². The predicted octanol–water partition coefficient (Wildman–Crippen LogP) is 1.12. The van der Waals surface area contributed by atoms with E-state index in [4.69, 9.17) is 5.73 Å². The minimum atomic E-state index is -0.544. The maximum absolute atomic E-state index is 12.2. The number of hydrogen-bond donors (Lipinski definition) is 2. The molecule has 1 amide bonds. The van der Waals surface area contributed by atoms with Gasteiger partial charge >= 0.3 is 5.82 Å². The zero-order valence-corrected chi connectivity index (χ0v) is 10.8. The summed E-state index contributed by atoms with van der Waals surface area (Å²) in [6, 6.07) is 2.89. The summed E-state index contributed by atoms with van der Waals surface area (Å²) in [4.78, 5) is 26.5. The number of amides is 1. The topological polar surface area (TPSA) is 105 Å². The molecular formula is C12H18N4O3. The molecule has 1 aliphatic heterocycles. The number of piperidine rings is 1. The lowest BCUT2D eigenvalue weighted by atomic mass is 9.90. The molecule has 0 saturated carbocycles. The van der Waals surface area contributed by atoms with Crippen LogP contribution in [0.5, 0.6) is 0 Å². The highest BCUT2D eigenvalue weighted by Gasteiger charge is 2.30. The van der Waals surface area contributed by atoms with Crippen LogP contribution in [0.15, 0.2) is 12.1 Å². The monoisotopic (exact) mass is 266 g/mol. The molecule has 0 spiro atoms. The van der Waals surface area contributed by atoms with E-state index in [1.807, 2.05) is 0 Å². The van der Waals surface area contributed by atoms with E-state index in [0.717, 1.165) is 12.8 Å². The number of aromatic nitrogens is 1. The minimum absolute atomic E-state index is 0.132. The van der Waals surface area contributed by atoms with Crippen LogP contribution in [-0.4, -0.2) is 39.8 Å². The van der Waals surface area contributed by atoms with Crippen LogP contribution in [0.4, 0.5) is 5.82 Å². The standard InChI is InChI=1S/C12H18N4O3/c1-2-8-7-15(6-5-9(8)13)12(17)10-3-4-11(14-10)16(18)19/h3-4,8-9,14H,2,5-7,13H2,1H3. The molecule has 2 rings (SSSR count). The third-order valence-corrected chi connectivity index (χ3v) is 3.70. The quantitative estimate of drug-likeness (QED) is 0.631. The molecule has 0 bridgehead atoms. The van der Waals surface area contributed by atoms with E-state index in [9.17, 15) is 14.9 Å². The lowest BCUT2D eigenvalue weighted by molar-refractivity contribution is -0.389. The number of likely N-dealkylation sites (tertiary alicyclic amines) is 1. The molecule has 1 fully saturated rings. The van der Waals surface area contributed by atoms with E-state index in [1.165, 1.54) is 12.1 Å². The maximum atomic E-state index is 12.2. The molecule has 0 radical (unpaired) electrons. The molecule has 7 nitrogen and oxygen atoms in total. The fourth-order valence-electron chi connectivity index (χ4n) is 2.45. The summed E-state index contributed by atoms with van der Waals surface area (Å²) in [5.41, 5.74) is 6.26. The van der Waals surface area contributed by atoms with Crippen LogP contribution in [0.3, 0.4) is 0 Å². The number of nitrogens with two attached hydrogens (primary N) is 1. The number of carbonyl (C=O) groups excluding carboxylic acids is 1. The molecular weight excluding hydrogens is 248 g/mol. The average Bonchev–Trinajstić information content (AvgIpc) is 2.88. The largest absolute Gasteiger partial charge is 0.358 e. The molecule has 0 aromatic carbocycles. The normalized spacial score (nSPS) is 23.4. The Kier molecular flexibility index (Phi) is 3.84. The van der Waals surface area contributed by atoms with Crippen LogP contribution in [0, 0.1) is 16.0 Å². The van der Waals surface area contributed by atoms with E-state index < -0.39 is 4.92 Å². The van der Waals surface area contributed by atoms with E-state index in [1.54, 1.807) is 4.90 Å². The summed E-state index contributed by atoms with van der Waals surface area (Å²) in [6.07, 6.45) is 1.70. The zero-order valence-electron chi connectivity index (χ0n) is 10.8. The average molecular weight is 266 g/mol. The van der Waals surface area contributed by atoms with Crippen molar-refractivity contribution in [1.82, 2.24) is 9.88 Å². The Morgan fingerprint density at radius 3 is 2.95 bits per heavy atom. The van der Waals surface area contributed by atoms with Gasteiger partial charge in [0.1, 0.15) is 0 Å². The number of hydrogen-bond acceptors (Lipinski definition) is 4. The van der Waals surface area contributed by atoms with Crippen molar-refractivity contribution < 1.29 is 9.72 Å². The maximum Gasteiger partial charge on any atom is 0.321 e. The summed E-state index contributed by atoms with van der Waals surface area (Å²) in [6.45, 7) is 3.27. The third kappa shape index (κ3) is 2.76. The molecule has 3 N–H and O–H groups in total.